The van der Waals surface area contributed by atoms with Crippen LogP contribution in [-0.2, 0) is 30.0 Å². The molecule has 0 aliphatic carbocycles. The Balaban J connectivity index is 2.24. The van der Waals surface area contributed by atoms with E-state index in [1.807, 2.05) is 6.92 Å². The Morgan fingerprint density at radius 3 is 2.90 bits per heavy atom. The molecule has 0 aromatic carbocycles. The third-order valence-electron chi connectivity index (χ3n) is 2.95. The molecule has 2 rings (SSSR count). The van der Waals surface area contributed by atoms with E-state index < -0.39 is 10.0 Å². The highest BCUT2D eigenvalue weighted by Crippen LogP contribution is 2.13. The Morgan fingerprint density at radius 2 is 2.24 bits per heavy atom. The molecular formula is C13H15N5O2S. The third kappa shape index (κ3) is 3.26. The average Bonchev–Trinajstić information content (AvgIpc) is 2.85. The molecule has 0 fully saturated rings. The number of rotatable bonds is 5. The van der Waals surface area contributed by atoms with Crippen molar-refractivity contribution in [2.24, 2.45) is 7.05 Å². The maximum Gasteiger partial charge on any atom is 0.243 e. The van der Waals surface area contributed by atoms with Crippen molar-refractivity contribution in [3.05, 3.63) is 41.5 Å². The van der Waals surface area contributed by atoms with Gasteiger partial charge in [0.25, 0.3) is 0 Å². The molecule has 0 radical (unpaired) electrons. The van der Waals surface area contributed by atoms with Crippen LogP contribution in [0.5, 0.6) is 0 Å². The number of nitrogens with zero attached hydrogens (tertiary/aromatic N) is 4. The summed E-state index contributed by atoms with van der Waals surface area (Å²) in [5.74, 6) is 0. The molecule has 0 bridgehead atoms. The Morgan fingerprint density at radius 1 is 1.48 bits per heavy atom. The number of sulfonamides is 1. The minimum atomic E-state index is -3.79. The van der Waals surface area contributed by atoms with Gasteiger partial charge < -0.3 is 0 Å². The third-order valence-corrected chi connectivity index (χ3v) is 4.38. The number of aromatic nitrogens is 3. The van der Waals surface area contributed by atoms with E-state index in [4.69, 9.17) is 5.26 Å². The number of hydrogen-bond donors (Lipinski definition) is 1. The van der Waals surface area contributed by atoms with Gasteiger partial charge in [0.2, 0.25) is 10.0 Å². The maximum absolute atomic E-state index is 12.3. The van der Waals surface area contributed by atoms with E-state index in [0.29, 0.717) is 6.42 Å². The van der Waals surface area contributed by atoms with E-state index in [2.05, 4.69) is 14.8 Å². The Hall–Kier alpha value is -2.24. The van der Waals surface area contributed by atoms with E-state index in [9.17, 15) is 8.42 Å². The number of aryl methyl sites for hydroxylation is 2. The molecule has 8 heteroatoms. The van der Waals surface area contributed by atoms with Gasteiger partial charge >= 0.3 is 0 Å². The second-order valence-corrected chi connectivity index (χ2v) is 6.15. The number of nitrogens with one attached hydrogen (secondary N) is 1. The van der Waals surface area contributed by atoms with Gasteiger partial charge in [0.1, 0.15) is 11.0 Å². The summed E-state index contributed by atoms with van der Waals surface area (Å²) in [7, 11) is -2.01. The molecule has 2 aromatic heterocycles. The zero-order valence-electron chi connectivity index (χ0n) is 11.7. The van der Waals surface area contributed by atoms with Gasteiger partial charge in [0.15, 0.2) is 5.69 Å². The summed E-state index contributed by atoms with van der Waals surface area (Å²) in [6, 6.07) is 4.62. The van der Waals surface area contributed by atoms with Crippen LogP contribution >= 0.6 is 0 Å². The van der Waals surface area contributed by atoms with Gasteiger partial charge in [-0.25, -0.2) is 18.1 Å². The Kier molecular flexibility index (Phi) is 4.35. The molecule has 2 heterocycles. The highest BCUT2D eigenvalue weighted by atomic mass is 32.2. The van der Waals surface area contributed by atoms with Crippen LogP contribution in [-0.4, -0.2) is 23.2 Å². The minimum absolute atomic E-state index is 0.116. The first-order chi connectivity index (χ1) is 9.97. The SMILES string of the molecule is CCc1nn(C)cc1CNS(=O)(=O)c1cccnc1C#N. The first-order valence-corrected chi connectivity index (χ1v) is 7.82. The molecule has 0 aliphatic heterocycles. The number of pyridine rings is 1. The van der Waals surface area contributed by atoms with Crippen molar-refractivity contribution in [3.63, 3.8) is 0 Å². The van der Waals surface area contributed by atoms with E-state index >= 15 is 0 Å². The van der Waals surface area contributed by atoms with Crippen molar-refractivity contribution >= 4 is 10.0 Å². The monoisotopic (exact) mass is 305 g/mol. The lowest BCUT2D eigenvalue weighted by Gasteiger charge is -2.07. The molecule has 21 heavy (non-hydrogen) atoms. The highest BCUT2D eigenvalue weighted by molar-refractivity contribution is 7.89. The van der Waals surface area contributed by atoms with Crippen LogP contribution in [0.25, 0.3) is 0 Å². The lowest BCUT2D eigenvalue weighted by molar-refractivity contribution is 0.580. The van der Waals surface area contributed by atoms with E-state index in [1.165, 1.54) is 18.3 Å². The first kappa shape index (κ1) is 15.2. The van der Waals surface area contributed by atoms with Gasteiger partial charge in [-0.15, -0.1) is 0 Å². The Labute approximate surface area is 123 Å². The van der Waals surface area contributed by atoms with E-state index in [1.54, 1.807) is 24.0 Å². The summed E-state index contributed by atoms with van der Waals surface area (Å²) >= 11 is 0. The second kappa shape index (κ2) is 6.03. The van der Waals surface area contributed by atoms with Crippen molar-refractivity contribution in [3.8, 4) is 6.07 Å². The summed E-state index contributed by atoms with van der Waals surface area (Å²) in [6.07, 6.45) is 3.87. The van der Waals surface area contributed by atoms with Crippen LogP contribution in [0.3, 0.4) is 0 Å². The van der Waals surface area contributed by atoms with E-state index in [-0.39, 0.29) is 17.1 Å². The van der Waals surface area contributed by atoms with Crippen molar-refractivity contribution in [2.45, 2.75) is 24.8 Å². The second-order valence-electron chi connectivity index (χ2n) is 4.41. The van der Waals surface area contributed by atoms with Crippen LogP contribution < -0.4 is 4.72 Å². The predicted molar refractivity (Wildman–Crippen MR) is 75.6 cm³/mol. The number of hydrogen-bond acceptors (Lipinski definition) is 5. The van der Waals surface area contributed by atoms with Gasteiger partial charge in [0.05, 0.1) is 5.69 Å². The molecule has 0 amide bonds. The highest BCUT2D eigenvalue weighted by Gasteiger charge is 2.19. The van der Waals surface area contributed by atoms with Gasteiger partial charge in [-0.05, 0) is 18.6 Å². The topological polar surface area (TPSA) is 101 Å². The Bertz CT molecular complexity index is 789. The molecule has 7 nitrogen and oxygen atoms in total. The first-order valence-electron chi connectivity index (χ1n) is 6.34. The van der Waals surface area contributed by atoms with Crippen molar-refractivity contribution in [1.82, 2.24) is 19.5 Å². The standard InChI is InChI=1S/C13H15N5O2S/c1-3-11-10(9-18(2)17-11)8-16-21(19,20)13-5-4-6-15-12(13)7-14/h4-6,9,16H,3,8H2,1-2H3. The van der Waals surface area contributed by atoms with Gasteiger partial charge in [-0.2, -0.15) is 10.4 Å². The van der Waals surface area contributed by atoms with Crippen molar-refractivity contribution in [1.29, 1.82) is 5.26 Å². The zero-order valence-corrected chi connectivity index (χ0v) is 12.6. The van der Waals surface area contributed by atoms with Crippen LogP contribution in [0.4, 0.5) is 0 Å². The summed E-state index contributed by atoms with van der Waals surface area (Å²) in [6.45, 7) is 2.08. The van der Waals surface area contributed by atoms with Crippen LogP contribution in [0.15, 0.2) is 29.4 Å². The fourth-order valence-corrected chi connectivity index (χ4v) is 3.08. The lowest BCUT2D eigenvalue weighted by atomic mass is 10.2. The molecule has 0 saturated heterocycles. The smallest absolute Gasteiger partial charge is 0.243 e. The molecule has 0 saturated carbocycles. The fraction of sp³-hybridized carbons (Fsp3) is 0.308. The van der Waals surface area contributed by atoms with Crippen LogP contribution in [0, 0.1) is 11.3 Å². The zero-order chi connectivity index (χ0) is 15.5. The largest absolute Gasteiger partial charge is 0.275 e. The predicted octanol–water partition coefficient (Wildman–Crippen LogP) is 0.728. The quantitative estimate of drug-likeness (QED) is 0.877. The summed E-state index contributed by atoms with van der Waals surface area (Å²) in [4.78, 5) is 3.64. The number of nitriles is 1. The summed E-state index contributed by atoms with van der Waals surface area (Å²) in [5, 5.41) is 13.2. The fourth-order valence-electron chi connectivity index (χ4n) is 1.97. The molecule has 0 spiro atoms. The molecule has 110 valence electrons. The van der Waals surface area contributed by atoms with Crippen LogP contribution in [0.2, 0.25) is 0 Å². The lowest BCUT2D eigenvalue weighted by Crippen LogP contribution is -2.24. The molecule has 2 aromatic rings. The summed E-state index contributed by atoms with van der Waals surface area (Å²) < 4.78 is 28.7. The molecular weight excluding hydrogens is 290 g/mol. The average molecular weight is 305 g/mol. The van der Waals surface area contributed by atoms with Crippen LogP contribution in [0.1, 0.15) is 23.9 Å². The molecule has 0 atom stereocenters. The van der Waals surface area contributed by atoms with Gasteiger partial charge in [0, 0.05) is 31.5 Å². The normalized spacial score (nSPS) is 11.3. The molecule has 0 unspecified atom stereocenters. The maximum atomic E-state index is 12.3. The molecule has 1 N–H and O–H groups in total. The van der Waals surface area contributed by atoms with Crippen molar-refractivity contribution in [2.75, 3.05) is 0 Å². The molecule has 0 aliphatic rings. The minimum Gasteiger partial charge on any atom is -0.275 e. The summed E-state index contributed by atoms with van der Waals surface area (Å²) in [5.41, 5.74) is 1.53. The van der Waals surface area contributed by atoms with Gasteiger partial charge in [-0.3, -0.25) is 4.68 Å². The van der Waals surface area contributed by atoms with Gasteiger partial charge in [-0.1, -0.05) is 6.92 Å². The van der Waals surface area contributed by atoms with E-state index in [0.717, 1.165) is 11.3 Å². The van der Waals surface area contributed by atoms with Crippen molar-refractivity contribution < 1.29 is 8.42 Å².